The first kappa shape index (κ1) is 32.3. The molecular formula is C41H56O4. The smallest absolute Gasteiger partial charge is 0.314 e. The highest BCUT2D eigenvalue weighted by Crippen LogP contribution is 2.69. The molecule has 0 amide bonds. The van der Waals surface area contributed by atoms with Crippen LogP contribution in [0.5, 0.6) is 11.5 Å². The second-order valence-electron chi connectivity index (χ2n) is 16.3. The standard InChI is InChI=1S/C41H56O4/c1-27(2)13-12-14-28(3)34-19-20-35-32-26-33(39(43)45-31-17-10-7-11-18-31)37-25-29(38(42)44-30-15-8-6-9-16-30)21-23-41(37,5)36(32)22-24-40(34,35)4/h6-11,15-18,27-29,32-37H,12-14,19-26H2,1-5H3. The van der Waals surface area contributed by atoms with E-state index < -0.39 is 0 Å². The van der Waals surface area contributed by atoms with Crippen LogP contribution in [-0.4, -0.2) is 11.9 Å². The number of hydrogen-bond donors (Lipinski definition) is 0. The highest BCUT2D eigenvalue weighted by molar-refractivity contribution is 5.77. The summed E-state index contributed by atoms with van der Waals surface area (Å²) in [5, 5.41) is 0. The third kappa shape index (κ3) is 6.37. The van der Waals surface area contributed by atoms with E-state index in [0.717, 1.165) is 37.0 Å². The zero-order chi connectivity index (χ0) is 31.8. The third-order valence-corrected chi connectivity index (χ3v) is 13.5. The quantitative estimate of drug-likeness (QED) is 0.209. The Labute approximate surface area is 272 Å². The van der Waals surface area contributed by atoms with Gasteiger partial charge in [0.25, 0.3) is 0 Å². The topological polar surface area (TPSA) is 52.6 Å². The van der Waals surface area contributed by atoms with Crippen LogP contribution < -0.4 is 9.47 Å². The summed E-state index contributed by atoms with van der Waals surface area (Å²) in [6.45, 7) is 12.3. The van der Waals surface area contributed by atoms with Crippen molar-refractivity contribution in [2.24, 2.45) is 64.1 Å². The van der Waals surface area contributed by atoms with Gasteiger partial charge in [-0.3, -0.25) is 9.59 Å². The third-order valence-electron chi connectivity index (χ3n) is 13.5. The Kier molecular flexibility index (Phi) is 9.51. The summed E-state index contributed by atoms with van der Waals surface area (Å²) in [4.78, 5) is 27.6. The molecule has 0 N–H and O–H groups in total. The number of carbonyl (C=O) groups is 2. The summed E-state index contributed by atoms with van der Waals surface area (Å²) in [5.74, 6) is 4.81. The van der Waals surface area contributed by atoms with Crippen LogP contribution >= 0.6 is 0 Å². The molecule has 4 fully saturated rings. The van der Waals surface area contributed by atoms with Gasteiger partial charge in [0, 0.05) is 0 Å². The SMILES string of the molecule is CC(C)CCCC(C)C1CCC2C3CC(C(=O)Oc4ccccc4)C4CC(C(=O)Oc5ccccc5)CCC4(C)C3CCC12C. The van der Waals surface area contributed by atoms with Crippen molar-refractivity contribution in [1.29, 1.82) is 0 Å². The van der Waals surface area contributed by atoms with Crippen molar-refractivity contribution in [3.63, 3.8) is 0 Å². The van der Waals surface area contributed by atoms with E-state index >= 15 is 0 Å². The lowest BCUT2D eigenvalue weighted by Crippen LogP contribution is -2.58. The Morgan fingerprint density at radius 1 is 0.711 bits per heavy atom. The summed E-state index contributed by atoms with van der Waals surface area (Å²) in [6.07, 6.45) is 12.6. The van der Waals surface area contributed by atoms with Crippen molar-refractivity contribution in [3.8, 4) is 11.5 Å². The summed E-state index contributed by atoms with van der Waals surface area (Å²) in [5.41, 5.74) is 0.376. The number of rotatable bonds is 9. The van der Waals surface area contributed by atoms with Crippen molar-refractivity contribution in [3.05, 3.63) is 60.7 Å². The van der Waals surface area contributed by atoms with E-state index in [1.54, 1.807) is 0 Å². The second-order valence-corrected chi connectivity index (χ2v) is 16.3. The minimum absolute atomic E-state index is 0.0229. The zero-order valence-corrected chi connectivity index (χ0v) is 28.4. The maximum Gasteiger partial charge on any atom is 0.314 e. The van der Waals surface area contributed by atoms with Crippen LogP contribution in [0.2, 0.25) is 0 Å². The van der Waals surface area contributed by atoms with Crippen LogP contribution in [0, 0.1) is 64.1 Å². The predicted molar refractivity (Wildman–Crippen MR) is 180 cm³/mol. The molecule has 4 aliphatic carbocycles. The van der Waals surface area contributed by atoms with Gasteiger partial charge in [0.2, 0.25) is 0 Å². The van der Waals surface area contributed by atoms with Gasteiger partial charge in [0.15, 0.2) is 0 Å². The van der Waals surface area contributed by atoms with E-state index in [2.05, 4.69) is 34.6 Å². The average molecular weight is 613 g/mol. The van der Waals surface area contributed by atoms with Gasteiger partial charge in [-0.2, -0.15) is 0 Å². The number of benzene rings is 2. The van der Waals surface area contributed by atoms with E-state index in [4.69, 9.17) is 9.47 Å². The summed E-state index contributed by atoms with van der Waals surface area (Å²) in [6, 6.07) is 19.0. The molecule has 4 saturated carbocycles. The lowest BCUT2D eigenvalue weighted by Gasteiger charge is -2.62. The van der Waals surface area contributed by atoms with Gasteiger partial charge in [-0.05, 0) is 128 Å². The summed E-state index contributed by atoms with van der Waals surface area (Å²) < 4.78 is 12.0. The fraction of sp³-hybridized carbons (Fsp3) is 0.659. The molecule has 0 heterocycles. The van der Waals surface area contributed by atoms with Crippen LogP contribution in [0.4, 0.5) is 0 Å². The predicted octanol–water partition coefficient (Wildman–Crippen LogP) is 10.2. The van der Waals surface area contributed by atoms with E-state index in [0.29, 0.717) is 41.1 Å². The molecule has 2 aromatic rings. The molecule has 4 aliphatic rings. The second kappa shape index (κ2) is 13.2. The minimum atomic E-state index is -0.200. The van der Waals surface area contributed by atoms with E-state index in [1.807, 2.05) is 60.7 Å². The molecule has 10 unspecified atom stereocenters. The minimum Gasteiger partial charge on any atom is -0.426 e. The molecule has 0 radical (unpaired) electrons. The van der Waals surface area contributed by atoms with Crippen LogP contribution in [0.1, 0.15) is 105 Å². The number of fused-ring (bicyclic) bond motifs is 5. The van der Waals surface area contributed by atoms with Crippen LogP contribution in [0.25, 0.3) is 0 Å². The van der Waals surface area contributed by atoms with Gasteiger partial charge in [0.05, 0.1) is 11.8 Å². The average Bonchev–Trinajstić information content (AvgIpc) is 3.38. The first-order valence-electron chi connectivity index (χ1n) is 18.1. The lowest BCUT2D eigenvalue weighted by molar-refractivity contribution is -0.174. The van der Waals surface area contributed by atoms with Gasteiger partial charge >= 0.3 is 11.9 Å². The highest BCUT2D eigenvalue weighted by Gasteiger charge is 2.64. The first-order valence-corrected chi connectivity index (χ1v) is 18.1. The van der Waals surface area contributed by atoms with Gasteiger partial charge in [0.1, 0.15) is 11.5 Å². The maximum absolute atomic E-state index is 14.2. The largest absolute Gasteiger partial charge is 0.426 e. The molecule has 4 nitrogen and oxygen atoms in total. The molecule has 45 heavy (non-hydrogen) atoms. The van der Waals surface area contributed by atoms with Crippen molar-refractivity contribution in [2.45, 2.75) is 105 Å². The molecule has 0 aromatic heterocycles. The first-order chi connectivity index (χ1) is 21.6. The van der Waals surface area contributed by atoms with Crippen molar-refractivity contribution < 1.29 is 19.1 Å². The van der Waals surface area contributed by atoms with Gasteiger partial charge in [-0.25, -0.2) is 0 Å². The summed E-state index contributed by atoms with van der Waals surface area (Å²) in [7, 11) is 0. The fourth-order valence-corrected chi connectivity index (χ4v) is 11.2. The van der Waals surface area contributed by atoms with Crippen LogP contribution in [0.3, 0.4) is 0 Å². The Morgan fingerprint density at radius 3 is 1.96 bits per heavy atom. The number of para-hydroxylation sites is 2. The van der Waals surface area contributed by atoms with Crippen molar-refractivity contribution in [2.75, 3.05) is 0 Å². The Hall–Kier alpha value is -2.62. The molecule has 6 rings (SSSR count). The maximum atomic E-state index is 14.2. The monoisotopic (exact) mass is 612 g/mol. The zero-order valence-electron chi connectivity index (χ0n) is 28.4. The number of esters is 2. The fourth-order valence-electron chi connectivity index (χ4n) is 11.2. The van der Waals surface area contributed by atoms with Crippen LogP contribution in [0.15, 0.2) is 60.7 Å². The molecule has 244 valence electrons. The Balaban J connectivity index is 1.25. The van der Waals surface area contributed by atoms with Crippen molar-refractivity contribution in [1.82, 2.24) is 0 Å². The lowest BCUT2D eigenvalue weighted by atomic mass is 9.42. The number of ether oxygens (including phenoxy) is 2. The van der Waals surface area contributed by atoms with Crippen LogP contribution in [-0.2, 0) is 9.59 Å². The van der Waals surface area contributed by atoms with Gasteiger partial charge in [-0.1, -0.05) is 90.3 Å². The van der Waals surface area contributed by atoms with E-state index in [-0.39, 0.29) is 35.1 Å². The molecule has 4 heteroatoms. The Bertz CT molecular complexity index is 1310. The van der Waals surface area contributed by atoms with E-state index in [9.17, 15) is 9.59 Å². The molecular weight excluding hydrogens is 556 g/mol. The van der Waals surface area contributed by atoms with Gasteiger partial charge in [-0.15, -0.1) is 0 Å². The van der Waals surface area contributed by atoms with Gasteiger partial charge < -0.3 is 9.47 Å². The number of hydrogen-bond acceptors (Lipinski definition) is 4. The Morgan fingerprint density at radius 2 is 1.31 bits per heavy atom. The van der Waals surface area contributed by atoms with E-state index in [1.165, 1.54) is 44.9 Å². The molecule has 0 saturated heterocycles. The summed E-state index contributed by atoms with van der Waals surface area (Å²) >= 11 is 0. The molecule has 0 bridgehead atoms. The van der Waals surface area contributed by atoms with Crippen molar-refractivity contribution >= 4 is 11.9 Å². The highest BCUT2D eigenvalue weighted by atomic mass is 16.5. The number of carbonyl (C=O) groups excluding carboxylic acids is 2. The molecule has 0 aliphatic heterocycles. The molecule has 10 atom stereocenters. The normalized spacial score (nSPS) is 36.4. The molecule has 2 aromatic carbocycles. The molecule has 0 spiro atoms.